The highest BCUT2D eigenvalue weighted by Gasteiger charge is 2.19. The summed E-state index contributed by atoms with van der Waals surface area (Å²) in [7, 11) is 1.37. The van der Waals surface area contributed by atoms with E-state index in [2.05, 4.69) is 15.9 Å². The van der Waals surface area contributed by atoms with Gasteiger partial charge in [0.15, 0.2) is 10.3 Å². The summed E-state index contributed by atoms with van der Waals surface area (Å²) in [5.74, 6) is 0.801. The van der Waals surface area contributed by atoms with Crippen LogP contribution >= 0.6 is 28.1 Å². The fourth-order valence-corrected chi connectivity index (χ4v) is 4.05. The zero-order valence-electron chi connectivity index (χ0n) is 14.5. The van der Waals surface area contributed by atoms with Gasteiger partial charge in [0.1, 0.15) is 5.76 Å². The number of halogens is 1. The molecular weight excluding hydrogens is 442 g/mol. The average Bonchev–Trinajstić information content (AvgIpc) is 3.10. The van der Waals surface area contributed by atoms with Gasteiger partial charge in [-0.25, -0.2) is 12.7 Å². The lowest BCUT2D eigenvalue weighted by molar-refractivity contribution is 0.236. The minimum atomic E-state index is -3.54. The zero-order chi connectivity index (χ0) is 19.1. The van der Waals surface area contributed by atoms with Crippen molar-refractivity contribution < 1.29 is 17.3 Å². The zero-order valence-corrected chi connectivity index (χ0v) is 17.7. The van der Waals surface area contributed by atoms with Crippen molar-refractivity contribution in [2.75, 3.05) is 21.1 Å². The van der Waals surface area contributed by atoms with Crippen LogP contribution in [0.1, 0.15) is 5.76 Å². The number of nitrogens with zero attached hydrogens (tertiary/aromatic N) is 3. The molecule has 0 radical (unpaired) electrons. The van der Waals surface area contributed by atoms with Gasteiger partial charge in [0.25, 0.3) is 4.84 Å². The molecule has 0 aliphatic rings. The number of benzene rings is 1. The number of aromatic nitrogens is 1. The van der Waals surface area contributed by atoms with E-state index in [4.69, 9.17) is 21.1 Å². The van der Waals surface area contributed by atoms with Gasteiger partial charge in [-0.2, -0.15) is 0 Å². The predicted molar refractivity (Wildman–Crippen MR) is 104 cm³/mol. The van der Waals surface area contributed by atoms with Gasteiger partial charge in [0, 0.05) is 14.1 Å². The van der Waals surface area contributed by atoms with Crippen molar-refractivity contribution in [2.24, 2.45) is 0 Å². The van der Waals surface area contributed by atoms with Gasteiger partial charge >= 0.3 is 0 Å². The Labute approximate surface area is 165 Å². The standard InChI is InChI=1S/C16H18BrN3O4S2/c1-18(2)26(21,22)12-5-6-14-13(8-12)20(16(25)24-14)10-19(3)9-11-4-7-15(17)23-11/h4-8H,9-10H2,1-3H3. The summed E-state index contributed by atoms with van der Waals surface area (Å²) in [5.41, 5.74) is 1.17. The molecule has 0 saturated carbocycles. The molecule has 0 amide bonds. The third kappa shape index (κ3) is 3.79. The smallest absolute Gasteiger partial charge is 0.270 e. The van der Waals surface area contributed by atoms with E-state index in [1.54, 1.807) is 16.7 Å². The number of hydrogen-bond donors (Lipinski definition) is 0. The molecule has 0 N–H and O–H groups in total. The number of fused-ring (bicyclic) bond motifs is 1. The second-order valence-electron chi connectivity index (χ2n) is 6.07. The fraction of sp³-hybridized carbons (Fsp3) is 0.312. The largest absolute Gasteiger partial charge is 0.453 e. The maximum Gasteiger partial charge on any atom is 0.270 e. The average molecular weight is 460 g/mol. The third-order valence-corrected chi connectivity index (χ3v) is 6.40. The lowest BCUT2D eigenvalue weighted by atomic mass is 10.3. The van der Waals surface area contributed by atoms with Crippen LogP contribution in [0.4, 0.5) is 0 Å². The number of sulfonamides is 1. The highest BCUT2D eigenvalue weighted by molar-refractivity contribution is 9.10. The number of rotatable bonds is 6. The normalized spacial score (nSPS) is 12.5. The summed E-state index contributed by atoms with van der Waals surface area (Å²) in [6.45, 7) is 0.991. The SMILES string of the molecule is CN(Cc1ccc(Br)o1)Cn1c(=S)oc2ccc(S(=O)(=O)N(C)C)cc21. The molecule has 0 aliphatic carbocycles. The summed E-state index contributed by atoms with van der Waals surface area (Å²) >= 11 is 8.59. The highest BCUT2D eigenvalue weighted by atomic mass is 79.9. The number of furan rings is 1. The summed E-state index contributed by atoms with van der Waals surface area (Å²) in [6.07, 6.45) is 0. The van der Waals surface area contributed by atoms with Crippen LogP contribution in [0.15, 0.2) is 48.7 Å². The molecule has 0 bridgehead atoms. The van der Waals surface area contributed by atoms with Crippen LogP contribution in [0.2, 0.25) is 0 Å². The van der Waals surface area contributed by atoms with Crippen molar-refractivity contribution in [1.29, 1.82) is 0 Å². The molecule has 0 spiro atoms. The first-order chi connectivity index (χ1) is 12.2. The van der Waals surface area contributed by atoms with E-state index in [9.17, 15) is 8.42 Å². The molecule has 1 aromatic carbocycles. The van der Waals surface area contributed by atoms with Crippen LogP contribution in [0, 0.1) is 4.84 Å². The van der Waals surface area contributed by atoms with Crippen molar-refractivity contribution in [3.05, 3.63) is 45.6 Å². The Morgan fingerprint density at radius 3 is 2.50 bits per heavy atom. The third-order valence-electron chi connectivity index (χ3n) is 3.85. The molecular formula is C16H18BrN3O4S2. The Morgan fingerprint density at radius 2 is 1.88 bits per heavy atom. The van der Waals surface area contributed by atoms with Gasteiger partial charge in [-0.1, -0.05) is 0 Å². The molecule has 0 atom stereocenters. The first-order valence-electron chi connectivity index (χ1n) is 7.67. The van der Waals surface area contributed by atoms with Crippen molar-refractivity contribution in [1.82, 2.24) is 13.8 Å². The summed E-state index contributed by atoms with van der Waals surface area (Å²) in [4.78, 5) is 2.47. The fourth-order valence-electron chi connectivity index (χ4n) is 2.54. The van der Waals surface area contributed by atoms with Gasteiger partial charge in [0.2, 0.25) is 10.0 Å². The van der Waals surface area contributed by atoms with Crippen LogP contribution in [0.3, 0.4) is 0 Å². The molecule has 0 fully saturated rings. The van der Waals surface area contributed by atoms with E-state index >= 15 is 0 Å². The Morgan fingerprint density at radius 1 is 1.15 bits per heavy atom. The molecule has 3 rings (SSSR count). The summed E-state index contributed by atoms with van der Waals surface area (Å²) in [5, 5.41) is 0. The number of oxazole rings is 1. The van der Waals surface area contributed by atoms with Crippen molar-refractivity contribution >= 4 is 49.3 Å². The first-order valence-corrected chi connectivity index (χ1v) is 10.3. The Bertz CT molecular complexity index is 1100. The Hall–Kier alpha value is -1.46. The molecule has 26 heavy (non-hydrogen) atoms. The molecule has 0 aliphatic heterocycles. The second kappa shape index (κ2) is 7.28. The van der Waals surface area contributed by atoms with Crippen LogP contribution in [-0.4, -0.2) is 43.3 Å². The molecule has 0 unspecified atom stereocenters. The van der Waals surface area contributed by atoms with E-state index in [1.807, 2.05) is 24.1 Å². The maximum atomic E-state index is 12.4. The maximum absolute atomic E-state index is 12.4. The number of hydrogen-bond acceptors (Lipinski definition) is 6. The van der Waals surface area contributed by atoms with Crippen LogP contribution in [0.5, 0.6) is 0 Å². The van der Waals surface area contributed by atoms with E-state index in [0.29, 0.717) is 29.0 Å². The lowest BCUT2D eigenvalue weighted by Gasteiger charge is -2.16. The molecule has 3 aromatic rings. The first kappa shape index (κ1) is 19.3. The van der Waals surface area contributed by atoms with Crippen LogP contribution in [0.25, 0.3) is 11.1 Å². The van der Waals surface area contributed by atoms with E-state index in [1.165, 1.54) is 24.5 Å². The van der Waals surface area contributed by atoms with Crippen molar-refractivity contribution in [3.63, 3.8) is 0 Å². The van der Waals surface area contributed by atoms with Gasteiger partial charge in [-0.05, 0) is 65.5 Å². The Balaban J connectivity index is 1.94. The minimum absolute atomic E-state index is 0.192. The van der Waals surface area contributed by atoms with Crippen molar-refractivity contribution in [3.8, 4) is 0 Å². The van der Waals surface area contributed by atoms with Crippen LogP contribution in [-0.2, 0) is 23.2 Å². The minimum Gasteiger partial charge on any atom is -0.453 e. The predicted octanol–water partition coefficient (Wildman–Crippen LogP) is 3.66. The van der Waals surface area contributed by atoms with Crippen LogP contribution < -0.4 is 0 Å². The second-order valence-corrected chi connectivity index (χ2v) is 9.36. The monoisotopic (exact) mass is 459 g/mol. The van der Waals surface area contributed by atoms with Gasteiger partial charge in [-0.3, -0.25) is 9.47 Å². The van der Waals surface area contributed by atoms with Crippen molar-refractivity contribution in [2.45, 2.75) is 18.1 Å². The van der Waals surface area contributed by atoms with Gasteiger partial charge in [-0.15, -0.1) is 0 Å². The van der Waals surface area contributed by atoms with Gasteiger partial charge in [0.05, 0.1) is 23.6 Å². The molecule has 140 valence electrons. The van der Waals surface area contributed by atoms with E-state index in [-0.39, 0.29) is 9.73 Å². The highest BCUT2D eigenvalue weighted by Crippen LogP contribution is 2.24. The van der Waals surface area contributed by atoms with E-state index < -0.39 is 10.0 Å². The molecule has 10 heteroatoms. The topological polar surface area (TPSA) is 71.8 Å². The Kier molecular flexibility index (Phi) is 5.40. The van der Waals surface area contributed by atoms with Gasteiger partial charge < -0.3 is 8.83 Å². The van der Waals surface area contributed by atoms with E-state index in [0.717, 1.165) is 5.76 Å². The molecule has 7 nitrogen and oxygen atoms in total. The summed E-state index contributed by atoms with van der Waals surface area (Å²) < 4.78 is 39.5. The molecule has 2 heterocycles. The summed E-state index contributed by atoms with van der Waals surface area (Å²) in [6, 6.07) is 8.45. The quantitative estimate of drug-likeness (QED) is 0.523. The lowest BCUT2D eigenvalue weighted by Crippen LogP contribution is -2.23. The molecule has 0 saturated heterocycles. The molecule has 2 aromatic heterocycles.